The van der Waals surface area contributed by atoms with Gasteiger partial charge in [0.05, 0.1) is 12.7 Å². The number of hydrogen-bond donors (Lipinski definition) is 1. The highest BCUT2D eigenvalue weighted by molar-refractivity contribution is 5.32. The fraction of sp³-hybridized carbons (Fsp3) is 0.571. The van der Waals surface area contributed by atoms with Crippen molar-refractivity contribution in [1.29, 1.82) is 0 Å². The molecule has 17 heavy (non-hydrogen) atoms. The first-order valence-electron chi connectivity index (χ1n) is 6.27. The molecule has 1 aliphatic heterocycles. The lowest BCUT2D eigenvalue weighted by molar-refractivity contribution is -0.0248. The normalized spacial score (nSPS) is 20.2. The molecule has 1 aliphatic rings. The van der Waals surface area contributed by atoms with Crippen molar-refractivity contribution >= 4 is 0 Å². The van der Waals surface area contributed by atoms with Crippen LogP contribution in [0.3, 0.4) is 0 Å². The van der Waals surface area contributed by atoms with Crippen LogP contribution in [0.25, 0.3) is 0 Å². The molecular formula is C14H21NO2. The van der Waals surface area contributed by atoms with Crippen molar-refractivity contribution in [2.75, 3.05) is 26.7 Å². The molecule has 0 amide bonds. The number of aliphatic hydroxyl groups is 1. The molecule has 0 aliphatic carbocycles. The van der Waals surface area contributed by atoms with Crippen LogP contribution in [0.1, 0.15) is 25.3 Å². The Balaban J connectivity index is 2.15. The zero-order valence-electron chi connectivity index (χ0n) is 10.6. The first kappa shape index (κ1) is 12.4. The molecule has 1 fully saturated rings. The second-order valence-electron chi connectivity index (χ2n) is 4.70. The summed E-state index contributed by atoms with van der Waals surface area (Å²) in [5.41, 5.74) is 0.299. The van der Waals surface area contributed by atoms with E-state index in [0.29, 0.717) is 0 Å². The molecule has 0 aromatic heterocycles. The largest absolute Gasteiger partial charge is 0.497 e. The molecule has 1 aromatic carbocycles. The molecule has 0 saturated carbocycles. The molecule has 0 radical (unpaired) electrons. The highest BCUT2D eigenvalue weighted by atomic mass is 16.5. The van der Waals surface area contributed by atoms with Crippen LogP contribution >= 0.6 is 0 Å². The fourth-order valence-electron chi connectivity index (χ4n) is 2.44. The molecular weight excluding hydrogens is 214 g/mol. The summed E-state index contributed by atoms with van der Waals surface area (Å²) in [6.45, 7) is 5.15. The van der Waals surface area contributed by atoms with Gasteiger partial charge in [0, 0.05) is 13.1 Å². The van der Waals surface area contributed by atoms with Crippen LogP contribution < -0.4 is 4.74 Å². The fourth-order valence-corrected chi connectivity index (χ4v) is 2.44. The van der Waals surface area contributed by atoms with Crippen LogP contribution in [0, 0.1) is 0 Å². The second-order valence-corrected chi connectivity index (χ2v) is 4.70. The van der Waals surface area contributed by atoms with Crippen LogP contribution in [0.15, 0.2) is 24.3 Å². The van der Waals surface area contributed by atoms with Gasteiger partial charge >= 0.3 is 0 Å². The van der Waals surface area contributed by atoms with Gasteiger partial charge in [-0.3, -0.25) is 0 Å². The monoisotopic (exact) mass is 235 g/mol. The van der Waals surface area contributed by atoms with Crippen LogP contribution in [0.5, 0.6) is 5.75 Å². The second kappa shape index (κ2) is 5.07. The predicted octanol–water partition coefficient (Wildman–Crippen LogP) is 2.00. The van der Waals surface area contributed by atoms with E-state index in [1.54, 1.807) is 7.11 Å². The van der Waals surface area contributed by atoms with E-state index < -0.39 is 5.60 Å². The van der Waals surface area contributed by atoms with Gasteiger partial charge < -0.3 is 14.7 Å². The van der Waals surface area contributed by atoms with Gasteiger partial charge in [0.2, 0.25) is 0 Å². The SMILES string of the molecule is CCN1CCC(O)(c2cccc(OC)c2)CC1. The summed E-state index contributed by atoms with van der Waals surface area (Å²) in [4.78, 5) is 2.37. The van der Waals surface area contributed by atoms with Crippen LogP contribution in [-0.2, 0) is 5.60 Å². The average Bonchev–Trinajstić information content (AvgIpc) is 2.40. The number of piperidine rings is 1. The Bertz CT molecular complexity index is 370. The Morgan fingerprint density at radius 3 is 2.65 bits per heavy atom. The first-order valence-corrected chi connectivity index (χ1v) is 6.27. The first-order chi connectivity index (χ1) is 8.18. The molecule has 0 unspecified atom stereocenters. The summed E-state index contributed by atoms with van der Waals surface area (Å²) in [5, 5.41) is 10.7. The number of rotatable bonds is 3. The number of likely N-dealkylation sites (tertiary alicyclic amines) is 1. The molecule has 1 aromatic rings. The molecule has 3 nitrogen and oxygen atoms in total. The van der Waals surface area contributed by atoms with Crippen molar-refractivity contribution in [3.05, 3.63) is 29.8 Å². The molecule has 3 heteroatoms. The van der Waals surface area contributed by atoms with Crippen LogP contribution in [0.4, 0.5) is 0 Å². The summed E-state index contributed by atoms with van der Waals surface area (Å²) in [6, 6.07) is 7.79. The minimum Gasteiger partial charge on any atom is -0.497 e. The van der Waals surface area contributed by atoms with E-state index >= 15 is 0 Å². The van der Waals surface area contributed by atoms with Crippen molar-refractivity contribution in [2.24, 2.45) is 0 Å². The quantitative estimate of drug-likeness (QED) is 0.869. The molecule has 1 N–H and O–H groups in total. The average molecular weight is 235 g/mol. The maximum Gasteiger partial charge on any atom is 0.119 e. The smallest absolute Gasteiger partial charge is 0.119 e. The minimum absolute atomic E-state index is 0.680. The highest BCUT2D eigenvalue weighted by Crippen LogP contribution is 2.34. The van der Waals surface area contributed by atoms with Crippen molar-refractivity contribution in [1.82, 2.24) is 4.90 Å². The molecule has 0 bridgehead atoms. The van der Waals surface area contributed by atoms with Crippen LogP contribution in [-0.4, -0.2) is 36.8 Å². The number of benzene rings is 1. The molecule has 2 rings (SSSR count). The van der Waals surface area contributed by atoms with E-state index in [1.807, 2.05) is 24.3 Å². The van der Waals surface area contributed by atoms with Crippen LogP contribution in [0.2, 0.25) is 0 Å². The third-order valence-corrected chi connectivity index (χ3v) is 3.74. The maximum atomic E-state index is 10.7. The Labute approximate surface area is 103 Å². The highest BCUT2D eigenvalue weighted by Gasteiger charge is 2.33. The predicted molar refractivity (Wildman–Crippen MR) is 68.2 cm³/mol. The van der Waals surface area contributed by atoms with Gasteiger partial charge in [0.15, 0.2) is 0 Å². The summed E-state index contributed by atoms with van der Waals surface area (Å²) in [7, 11) is 1.66. The van der Waals surface area contributed by atoms with E-state index in [0.717, 1.165) is 43.8 Å². The molecule has 0 atom stereocenters. The zero-order valence-corrected chi connectivity index (χ0v) is 10.6. The third-order valence-electron chi connectivity index (χ3n) is 3.74. The minimum atomic E-state index is -0.680. The lowest BCUT2D eigenvalue weighted by Gasteiger charge is -2.38. The lowest BCUT2D eigenvalue weighted by Crippen LogP contribution is -2.42. The number of nitrogens with zero attached hydrogens (tertiary/aromatic N) is 1. The van der Waals surface area contributed by atoms with Crippen molar-refractivity contribution in [2.45, 2.75) is 25.4 Å². The van der Waals surface area contributed by atoms with Gasteiger partial charge in [0.25, 0.3) is 0 Å². The van der Waals surface area contributed by atoms with E-state index in [1.165, 1.54) is 0 Å². The Morgan fingerprint density at radius 1 is 1.35 bits per heavy atom. The maximum absolute atomic E-state index is 10.7. The standard InChI is InChI=1S/C14H21NO2/c1-3-15-9-7-14(16,8-10-15)12-5-4-6-13(11-12)17-2/h4-6,11,16H,3,7-10H2,1-2H3. The summed E-state index contributed by atoms with van der Waals surface area (Å²) >= 11 is 0. The van der Waals surface area contributed by atoms with Crippen molar-refractivity contribution < 1.29 is 9.84 Å². The summed E-state index contributed by atoms with van der Waals surface area (Å²) in [6.07, 6.45) is 1.60. The molecule has 94 valence electrons. The summed E-state index contributed by atoms with van der Waals surface area (Å²) < 4.78 is 5.21. The Hall–Kier alpha value is -1.06. The molecule has 0 spiro atoms. The number of hydrogen-bond acceptors (Lipinski definition) is 3. The van der Waals surface area contributed by atoms with Gasteiger partial charge in [-0.1, -0.05) is 19.1 Å². The van der Waals surface area contributed by atoms with Crippen molar-refractivity contribution in [3.8, 4) is 5.75 Å². The van der Waals surface area contributed by atoms with Gasteiger partial charge in [0.1, 0.15) is 5.75 Å². The van der Waals surface area contributed by atoms with E-state index in [-0.39, 0.29) is 0 Å². The van der Waals surface area contributed by atoms with E-state index in [4.69, 9.17) is 4.74 Å². The van der Waals surface area contributed by atoms with E-state index in [9.17, 15) is 5.11 Å². The van der Waals surface area contributed by atoms with Gasteiger partial charge in [-0.05, 0) is 37.1 Å². The van der Waals surface area contributed by atoms with Gasteiger partial charge in [-0.2, -0.15) is 0 Å². The van der Waals surface area contributed by atoms with Gasteiger partial charge in [-0.15, -0.1) is 0 Å². The topological polar surface area (TPSA) is 32.7 Å². The van der Waals surface area contributed by atoms with E-state index in [2.05, 4.69) is 11.8 Å². The van der Waals surface area contributed by atoms with Crippen molar-refractivity contribution in [3.63, 3.8) is 0 Å². The van der Waals surface area contributed by atoms with Gasteiger partial charge in [-0.25, -0.2) is 0 Å². The Kier molecular flexibility index (Phi) is 3.69. The number of methoxy groups -OCH3 is 1. The molecule has 1 saturated heterocycles. The third kappa shape index (κ3) is 2.61. The number of ether oxygens (including phenoxy) is 1. The Morgan fingerprint density at radius 2 is 2.06 bits per heavy atom. The molecule has 1 heterocycles. The summed E-state index contributed by atoms with van der Waals surface area (Å²) in [5.74, 6) is 0.814. The zero-order chi connectivity index (χ0) is 12.3. The lowest BCUT2D eigenvalue weighted by atomic mass is 9.84.